The van der Waals surface area contributed by atoms with Crippen LogP contribution in [0, 0.1) is 6.92 Å². The van der Waals surface area contributed by atoms with E-state index in [-0.39, 0.29) is 11.3 Å². The topological polar surface area (TPSA) is 73.0 Å². The van der Waals surface area contributed by atoms with Crippen molar-refractivity contribution in [1.29, 1.82) is 0 Å². The number of rotatable bonds is 3. The van der Waals surface area contributed by atoms with E-state index in [9.17, 15) is 4.79 Å². The summed E-state index contributed by atoms with van der Waals surface area (Å²) < 4.78 is 1.16. The van der Waals surface area contributed by atoms with Crippen LogP contribution in [0.15, 0.2) is 52.6 Å². The molecule has 0 N–H and O–H groups in total. The van der Waals surface area contributed by atoms with E-state index in [4.69, 9.17) is 23.2 Å². The third-order valence-corrected chi connectivity index (χ3v) is 3.90. The van der Waals surface area contributed by atoms with Gasteiger partial charge in [0, 0.05) is 23.5 Å². The number of pyridine rings is 1. The Balaban J connectivity index is 2.16. The standard InChI is InChI=1S/C16H11Cl2N5O/c1-10-16(24)23(15(22-21-10)11-5-7-19-8-6-11)20-9-12-13(17)3-2-4-14(12)18/h2-9H,1H3. The van der Waals surface area contributed by atoms with Gasteiger partial charge in [0.25, 0.3) is 5.56 Å². The summed E-state index contributed by atoms with van der Waals surface area (Å²) >= 11 is 12.2. The Hall–Kier alpha value is -2.57. The molecule has 8 heteroatoms. The van der Waals surface area contributed by atoms with E-state index in [0.29, 0.717) is 27.0 Å². The SMILES string of the molecule is Cc1nnc(-c2ccncc2)n(N=Cc2c(Cl)cccc2Cl)c1=O. The van der Waals surface area contributed by atoms with Gasteiger partial charge in [-0.15, -0.1) is 10.2 Å². The van der Waals surface area contributed by atoms with E-state index in [2.05, 4.69) is 20.3 Å². The van der Waals surface area contributed by atoms with Gasteiger partial charge in [-0.2, -0.15) is 9.78 Å². The highest BCUT2D eigenvalue weighted by molar-refractivity contribution is 6.38. The summed E-state index contributed by atoms with van der Waals surface area (Å²) in [5.41, 5.74) is 1.03. The lowest BCUT2D eigenvalue weighted by Gasteiger charge is -2.07. The van der Waals surface area contributed by atoms with E-state index in [1.54, 1.807) is 49.6 Å². The number of hydrogen-bond acceptors (Lipinski definition) is 5. The molecule has 2 heterocycles. The Bertz CT molecular complexity index is 950. The number of hydrogen-bond donors (Lipinski definition) is 0. The van der Waals surface area contributed by atoms with Gasteiger partial charge in [-0.1, -0.05) is 29.3 Å². The summed E-state index contributed by atoms with van der Waals surface area (Å²) in [6.07, 6.45) is 4.62. The molecule has 1 aromatic carbocycles. The van der Waals surface area contributed by atoms with Crippen LogP contribution in [-0.2, 0) is 0 Å². The second-order valence-electron chi connectivity index (χ2n) is 4.84. The number of aryl methyl sites for hydroxylation is 1. The van der Waals surface area contributed by atoms with E-state index in [1.165, 1.54) is 6.21 Å². The third-order valence-electron chi connectivity index (χ3n) is 3.24. The second kappa shape index (κ2) is 6.90. The average molecular weight is 360 g/mol. The normalized spacial score (nSPS) is 11.1. The molecule has 3 rings (SSSR count). The lowest BCUT2D eigenvalue weighted by atomic mass is 10.2. The molecule has 0 radical (unpaired) electrons. The molecule has 0 spiro atoms. The van der Waals surface area contributed by atoms with Gasteiger partial charge in [0.1, 0.15) is 5.69 Å². The molecule has 0 unspecified atom stereocenters. The van der Waals surface area contributed by atoms with Gasteiger partial charge < -0.3 is 0 Å². The van der Waals surface area contributed by atoms with Crippen molar-refractivity contribution in [2.24, 2.45) is 5.10 Å². The van der Waals surface area contributed by atoms with Crippen LogP contribution in [0.25, 0.3) is 11.4 Å². The number of aromatic nitrogens is 4. The molecule has 0 atom stereocenters. The van der Waals surface area contributed by atoms with Crippen molar-refractivity contribution in [3.8, 4) is 11.4 Å². The Morgan fingerprint density at radius 1 is 1.08 bits per heavy atom. The van der Waals surface area contributed by atoms with Gasteiger partial charge in [-0.3, -0.25) is 9.78 Å². The maximum absolute atomic E-state index is 12.4. The lowest BCUT2D eigenvalue weighted by molar-refractivity contribution is 0.750. The molecule has 0 aliphatic carbocycles. The minimum atomic E-state index is -0.378. The Kier molecular flexibility index (Phi) is 4.69. The molecular formula is C16H11Cl2N5O. The maximum Gasteiger partial charge on any atom is 0.296 e. The van der Waals surface area contributed by atoms with Crippen LogP contribution < -0.4 is 5.56 Å². The summed E-state index contributed by atoms with van der Waals surface area (Å²) in [7, 11) is 0. The van der Waals surface area contributed by atoms with Crippen molar-refractivity contribution in [2.75, 3.05) is 0 Å². The molecular weight excluding hydrogens is 349 g/mol. The average Bonchev–Trinajstić information content (AvgIpc) is 2.59. The smallest absolute Gasteiger partial charge is 0.265 e. The monoisotopic (exact) mass is 359 g/mol. The summed E-state index contributed by atoms with van der Waals surface area (Å²) in [6.45, 7) is 1.57. The van der Waals surface area contributed by atoms with Gasteiger partial charge in [0.05, 0.1) is 16.3 Å². The zero-order valence-corrected chi connectivity index (χ0v) is 14.0. The Labute approximate surface area is 147 Å². The fourth-order valence-corrected chi connectivity index (χ4v) is 2.49. The van der Waals surface area contributed by atoms with Crippen molar-refractivity contribution in [2.45, 2.75) is 6.92 Å². The van der Waals surface area contributed by atoms with Crippen LogP contribution in [0.3, 0.4) is 0 Å². The predicted octanol–water partition coefficient (Wildman–Crippen LogP) is 3.20. The zero-order chi connectivity index (χ0) is 17.1. The molecule has 0 saturated carbocycles. The Morgan fingerprint density at radius 3 is 2.42 bits per heavy atom. The largest absolute Gasteiger partial charge is 0.296 e. The molecule has 0 saturated heterocycles. The van der Waals surface area contributed by atoms with Crippen molar-refractivity contribution < 1.29 is 0 Å². The van der Waals surface area contributed by atoms with Crippen LogP contribution >= 0.6 is 23.2 Å². The first-order chi connectivity index (χ1) is 11.6. The van der Waals surface area contributed by atoms with Crippen LogP contribution in [0.5, 0.6) is 0 Å². The highest BCUT2D eigenvalue weighted by atomic mass is 35.5. The molecule has 0 aliphatic heterocycles. The number of nitrogens with zero attached hydrogens (tertiary/aromatic N) is 5. The van der Waals surface area contributed by atoms with Crippen molar-refractivity contribution in [1.82, 2.24) is 19.9 Å². The molecule has 3 aromatic rings. The van der Waals surface area contributed by atoms with E-state index in [1.807, 2.05) is 0 Å². The van der Waals surface area contributed by atoms with Gasteiger partial charge in [0.15, 0.2) is 5.82 Å². The fourth-order valence-electron chi connectivity index (χ4n) is 1.99. The maximum atomic E-state index is 12.4. The summed E-state index contributed by atoms with van der Waals surface area (Å²) in [6, 6.07) is 8.55. The van der Waals surface area contributed by atoms with E-state index >= 15 is 0 Å². The molecule has 2 aromatic heterocycles. The van der Waals surface area contributed by atoms with Crippen LogP contribution in [-0.4, -0.2) is 26.1 Å². The van der Waals surface area contributed by atoms with E-state index in [0.717, 1.165) is 4.68 Å². The van der Waals surface area contributed by atoms with Crippen molar-refractivity contribution >= 4 is 29.4 Å². The van der Waals surface area contributed by atoms with Crippen LogP contribution in [0.1, 0.15) is 11.3 Å². The zero-order valence-electron chi connectivity index (χ0n) is 12.5. The molecule has 24 heavy (non-hydrogen) atoms. The quantitative estimate of drug-likeness (QED) is 0.673. The van der Waals surface area contributed by atoms with Crippen molar-refractivity contribution in [3.05, 3.63) is 74.4 Å². The highest BCUT2D eigenvalue weighted by Crippen LogP contribution is 2.22. The van der Waals surface area contributed by atoms with E-state index < -0.39 is 0 Å². The molecule has 0 aliphatic rings. The van der Waals surface area contributed by atoms with Crippen molar-refractivity contribution in [3.63, 3.8) is 0 Å². The molecule has 0 bridgehead atoms. The molecule has 120 valence electrons. The van der Waals surface area contributed by atoms with Gasteiger partial charge in [0.2, 0.25) is 0 Å². The highest BCUT2D eigenvalue weighted by Gasteiger charge is 2.11. The first-order valence-corrected chi connectivity index (χ1v) is 7.68. The van der Waals surface area contributed by atoms with Gasteiger partial charge >= 0.3 is 0 Å². The minimum absolute atomic E-state index is 0.232. The molecule has 6 nitrogen and oxygen atoms in total. The van der Waals surface area contributed by atoms with Gasteiger partial charge in [-0.25, -0.2) is 0 Å². The van der Waals surface area contributed by atoms with Gasteiger partial charge in [-0.05, 0) is 31.2 Å². The first-order valence-electron chi connectivity index (χ1n) is 6.93. The molecule has 0 fully saturated rings. The predicted molar refractivity (Wildman–Crippen MR) is 93.7 cm³/mol. The first kappa shape index (κ1) is 16.3. The summed E-state index contributed by atoms with van der Waals surface area (Å²) in [4.78, 5) is 16.4. The fraction of sp³-hybridized carbons (Fsp3) is 0.0625. The lowest BCUT2D eigenvalue weighted by Crippen LogP contribution is -2.24. The number of halogens is 2. The summed E-state index contributed by atoms with van der Waals surface area (Å²) in [5, 5.41) is 13.0. The van der Waals surface area contributed by atoms with Crippen LogP contribution in [0.4, 0.5) is 0 Å². The summed E-state index contributed by atoms with van der Waals surface area (Å²) in [5.74, 6) is 0.299. The minimum Gasteiger partial charge on any atom is -0.265 e. The second-order valence-corrected chi connectivity index (χ2v) is 5.66. The third kappa shape index (κ3) is 3.20. The molecule has 0 amide bonds. The van der Waals surface area contributed by atoms with Crippen LogP contribution in [0.2, 0.25) is 10.0 Å². The number of benzene rings is 1. The Morgan fingerprint density at radius 2 is 1.75 bits per heavy atom.